The van der Waals surface area contributed by atoms with E-state index in [2.05, 4.69) is 10.2 Å². The SMILES string of the molecule is CC(C)c1nnc(C2CN(C(=O)Cc3ccc(Cl)cc3)CC23CCOCC3)o1. The van der Waals surface area contributed by atoms with E-state index >= 15 is 0 Å². The lowest BCUT2D eigenvalue weighted by Gasteiger charge is -2.36. The van der Waals surface area contributed by atoms with Gasteiger partial charge in [0.05, 0.1) is 12.3 Å². The zero-order chi connectivity index (χ0) is 19.7. The largest absolute Gasteiger partial charge is 0.425 e. The molecule has 1 spiro atoms. The Balaban J connectivity index is 1.55. The Labute approximate surface area is 170 Å². The van der Waals surface area contributed by atoms with E-state index in [-0.39, 0.29) is 23.2 Å². The van der Waals surface area contributed by atoms with E-state index in [0.29, 0.717) is 49.5 Å². The van der Waals surface area contributed by atoms with Crippen LogP contribution in [-0.2, 0) is 16.0 Å². The summed E-state index contributed by atoms with van der Waals surface area (Å²) in [6.07, 6.45) is 2.18. The first-order valence-corrected chi connectivity index (χ1v) is 10.3. The summed E-state index contributed by atoms with van der Waals surface area (Å²) in [7, 11) is 0. The molecule has 7 heteroatoms. The monoisotopic (exact) mass is 403 g/mol. The minimum Gasteiger partial charge on any atom is -0.425 e. The number of carbonyl (C=O) groups is 1. The first-order chi connectivity index (χ1) is 13.5. The minimum atomic E-state index is -0.0469. The molecule has 2 aromatic rings. The third-order valence-electron chi connectivity index (χ3n) is 6.01. The zero-order valence-corrected chi connectivity index (χ0v) is 17.1. The van der Waals surface area contributed by atoms with Crippen LogP contribution in [0.2, 0.25) is 5.02 Å². The van der Waals surface area contributed by atoms with Crippen LogP contribution in [0.3, 0.4) is 0 Å². The molecule has 0 aliphatic carbocycles. The van der Waals surface area contributed by atoms with E-state index in [1.165, 1.54) is 0 Å². The number of hydrogen-bond donors (Lipinski definition) is 0. The van der Waals surface area contributed by atoms with Gasteiger partial charge in [-0.3, -0.25) is 4.79 Å². The Bertz CT molecular complexity index is 828. The number of rotatable bonds is 4. The molecule has 4 rings (SSSR count). The number of likely N-dealkylation sites (tertiary alicyclic amines) is 1. The summed E-state index contributed by atoms with van der Waals surface area (Å²) in [4.78, 5) is 15.0. The van der Waals surface area contributed by atoms with E-state index < -0.39 is 0 Å². The first kappa shape index (κ1) is 19.4. The molecule has 1 amide bonds. The van der Waals surface area contributed by atoms with E-state index in [4.69, 9.17) is 20.8 Å². The zero-order valence-electron chi connectivity index (χ0n) is 16.4. The number of nitrogens with zero attached hydrogens (tertiary/aromatic N) is 3. The van der Waals surface area contributed by atoms with Crippen LogP contribution in [0.5, 0.6) is 0 Å². The molecule has 0 saturated carbocycles. The van der Waals surface area contributed by atoms with E-state index in [0.717, 1.165) is 18.4 Å². The standard InChI is InChI=1S/C21H26ClN3O3/c1-14(2)19-23-24-20(28-19)17-12-25(13-21(17)7-9-27-10-8-21)18(26)11-15-3-5-16(22)6-4-15/h3-6,14,17H,7-13H2,1-2H3. The third-order valence-corrected chi connectivity index (χ3v) is 6.26. The number of amides is 1. The van der Waals surface area contributed by atoms with Gasteiger partial charge in [0.25, 0.3) is 0 Å². The van der Waals surface area contributed by atoms with E-state index in [1.807, 2.05) is 43.0 Å². The van der Waals surface area contributed by atoms with Gasteiger partial charge in [0, 0.05) is 42.7 Å². The number of hydrogen-bond acceptors (Lipinski definition) is 5. The molecule has 2 fully saturated rings. The molecule has 1 aromatic heterocycles. The second-order valence-electron chi connectivity index (χ2n) is 8.24. The van der Waals surface area contributed by atoms with Crippen molar-refractivity contribution < 1.29 is 13.9 Å². The quantitative estimate of drug-likeness (QED) is 0.776. The molecule has 1 unspecified atom stereocenters. The Morgan fingerprint density at radius 2 is 1.96 bits per heavy atom. The van der Waals surface area contributed by atoms with Crippen molar-refractivity contribution in [2.24, 2.45) is 5.41 Å². The molecule has 2 aliphatic rings. The fourth-order valence-electron chi connectivity index (χ4n) is 4.29. The molecule has 0 radical (unpaired) electrons. The smallest absolute Gasteiger partial charge is 0.227 e. The highest BCUT2D eigenvalue weighted by Crippen LogP contribution is 2.49. The molecule has 1 aromatic carbocycles. The molecule has 150 valence electrons. The van der Waals surface area contributed by atoms with Gasteiger partial charge in [-0.1, -0.05) is 37.6 Å². The third kappa shape index (κ3) is 3.80. The van der Waals surface area contributed by atoms with Crippen LogP contribution in [0.1, 0.15) is 55.9 Å². The molecule has 1 atom stereocenters. The van der Waals surface area contributed by atoms with Crippen LogP contribution in [0.15, 0.2) is 28.7 Å². The lowest BCUT2D eigenvalue weighted by Crippen LogP contribution is -2.37. The maximum absolute atomic E-state index is 13.0. The topological polar surface area (TPSA) is 68.5 Å². The maximum atomic E-state index is 13.0. The summed E-state index contributed by atoms with van der Waals surface area (Å²) in [5.74, 6) is 1.69. The van der Waals surface area contributed by atoms with Gasteiger partial charge < -0.3 is 14.1 Å². The van der Waals surface area contributed by atoms with Crippen LogP contribution >= 0.6 is 11.6 Å². The second kappa shape index (κ2) is 7.84. The molecular formula is C21H26ClN3O3. The molecule has 28 heavy (non-hydrogen) atoms. The summed E-state index contributed by atoms with van der Waals surface area (Å²) in [5.41, 5.74) is 0.924. The number of carbonyl (C=O) groups excluding carboxylic acids is 1. The second-order valence-corrected chi connectivity index (χ2v) is 8.67. The number of aromatic nitrogens is 2. The van der Waals surface area contributed by atoms with Crippen molar-refractivity contribution in [1.82, 2.24) is 15.1 Å². The predicted octanol–water partition coefficient (Wildman–Crippen LogP) is 3.81. The highest BCUT2D eigenvalue weighted by atomic mass is 35.5. The lowest BCUT2D eigenvalue weighted by atomic mass is 9.72. The van der Waals surface area contributed by atoms with Gasteiger partial charge in [0.15, 0.2) is 0 Å². The Hall–Kier alpha value is -1.92. The molecule has 3 heterocycles. The van der Waals surface area contributed by atoms with Gasteiger partial charge in [-0.15, -0.1) is 10.2 Å². The van der Waals surface area contributed by atoms with Crippen molar-refractivity contribution in [3.63, 3.8) is 0 Å². The number of ether oxygens (including phenoxy) is 1. The fourth-order valence-corrected chi connectivity index (χ4v) is 4.42. The Kier molecular flexibility index (Phi) is 5.43. The van der Waals surface area contributed by atoms with E-state index in [9.17, 15) is 4.79 Å². The average molecular weight is 404 g/mol. The van der Waals surface area contributed by atoms with Gasteiger partial charge in [-0.2, -0.15) is 0 Å². The lowest BCUT2D eigenvalue weighted by molar-refractivity contribution is -0.130. The van der Waals surface area contributed by atoms with E-state index in [1.54, 1.807) is 0 Å². The molecule has 6 nitrogen and oxygen atoms in total. The average Bonchev–Trinajstić information content (AvgIpc) is 3.30. The van der Waals surface area contributed by atoms with Crippen LogP contribution < -0.4 is 0 Å². The van der Waals surface area contributed by atoms with Crippen molar-refractivity contribution >= 4 is 17.5 Å². The van der Waals surface area contributed by atoms with Crippen LogP contribution in [0.25, 0.3) is 0 Å². The summed E-state index contributed by atoms with van der Waals surface area (Å²) in [6.45, 7) is 6.83. The van der Waals surface area contributed by atoms with Gasteiger partial charge in [0.2, 0.25) is 17.7 Å². The van der Waals surface area contributed by atoms with Gasteiger partial charge in [0.1, 0.15) is 0 Å². The van der Waals surface area contributed by atoms with Crippen molar-refractivity contribution in [2.75, 3.05) is 26.3 Å². The van der Waals surface area contributed by atoms with Crippen molar-refractivity contribution in [2.45, 2.75) is 44.9 Å². The Morgan fingerprint density at radius 1 is 1.25 bits per heavy atom. The van der Waals surface area contributed by atoms with Crippen LogP contribution in [0, 0.1) is 5.41 Å². The summed E-state index contributed by atoms with van der Waals surface area (Å²) >= 11 is 5.95. The van der Waals surface area contributed by atoms with Crippen LogP contribution in [0.4, 0.5) is 0 Å². The van der Waals surface area contributed by atoms with Crippen molar-refractivity contribution in [1.29, 1.82) is 0 Å². The normalized spacial score (nSPS) is 21.6. The summed E-state index contributed by atoms with van der Waals surface area (Å²) in [5, 5.41) is 9.24. The molecule has 0 N–H and O–H groups in total. The predicted molar refractivity (Wildman–Crippen MR) is 105 cm³/mol. The Morgan fingerprint density at radius 3 is 2.61 bits per heavy atom. The van der Waals surface area contributed by atoms with Gasteiger partial charge in [-0.05, 0) is 30.5 Å². The highest BCUT2D eigenvalue weighted by Gasteiger charge is 2.51. The van der Waals surface area contributed by atoms with Gasteiger partial charge in [-0.25, -0.2) is 0 Å². The summed E-state index contributed by atoms with van der Waals surface area (Å²) < 4.78 is 11.6. The molecule has 2 aliphatic heterocycles. The maximum Gasteiger partial charge on any atom is 0.227 e. The first-order valence-electron chi connectivity index (χ1n) is 9.90. The highest BCUT2D eigenvalue weighted by molar-refractivity contribution is 6.30. The van der Waals surface area contributed by atoms with Gasteiger partial charge >= 0.3 is 0 Å². The summed E-state index contributed by atoms with van der Waals surface area (Å²) in [6, 6.07) is 7.46. The number of halogens is 1. The van der Waals surface area contributed by atoms with Crippen molar-refractivity contribution in [3.8, 4) is 0 Å². The van der Waals surface area contributed by atoms with Crippen molar-refractivity contribution in [3.05, 3.63) is 46.6 Å². The number of benzene rings is 1. The fraction of sp³-hybridized carbons (Fsp3) is 0.571. The molecule has 2 saturated heterocycles. The van der Waals surface area contributed by atoms with Crippen LogP contribution in [-0.4, -0.2) is 47.3 Å². The molecule has 0 bridgehead atoms. The minimum absolute atomic E-state index is 0.0469. The molecular weight excluding hydrogens is 378 g/mol.